The van der Waals surface area contributed by atoms with Crippen LogP contribution in [0.4, 0.5) is 5.69 Å². The molecule has 4 nitrogen and oxygen atoms in total. The smallest absolute Gasteiger partial charge is 0.121 e. The molecule has 0 saturated heterocycles. The third kappa shape index (κ3) is 1.26. The van der Waals surface area contributed by atoms with Crippen molar-refractivity contribution in [3.63, 3.8) is 0 Å². The Balaban J connectivity index is 2.77. The zero-order valence-corrected chi connectivity index (χ0v) is 7.19. The van der Waals surface area contributed by atoms with Crippen molar-refractivity contribution in [2.24, 2.45) is 0 Å². The van der Waals surface area contributed by atoms with Gasteiger partial charge in [-0.3, -0.25) is 0 Å². The van der Waals surface area contributed by atoms with Gasteiger partial charge < -0.3 is 10.5 Å². The highest BCUT2D eigenvalue weighted by Crippen LogP contribution is 2.24. The Morgan fingerprint density at radius 1 is 1.38 bits per heavy atom. The van der Waals surface area contributed by atoms with Crippen molar-refractivity contribution < 1.29 is 4.74 Å². The molecule has 2 aromatic rings. The average molecular weight is 175 g/mol. The van der Waals surface area contributed by atoms with Crippen LogP contribution in [0.15, 0.2) is 24.7 Å². The lowest BCUT2D eigenvalue weighted by molar-refractivity contribution is 0.415. The number of methoxy groups -OCH3 is 1. The van der Waals surface area contributed by atoms with E-state index in [1.165, 1.54) is 6.33 Å². The summed E-state index contributed by atoms with van der Waals surface area (Å²) < 4.78 is 5.07. The van der Waals surface area contributed by atoms with Crippen molar-refractivity contribution in [3.05, 3.63) is 24.7 Å². The monoisotopic (exact) mass is 175 g/mol. The molecule has 66 valence electrons. The fourth-order valence-electron chi connectivity index (χ4n) is 1.22. The number of benzene rings is 1. The first-order valence-electron chi connectivity index (χ1n) is 3.84. The van der Waals surface area contributed by atoms with Gasteiger partial charge in [-0.05, 0) is 6.07 Å². The summed E-state index contributed by atoms with van der Waals surface area (Å²) >= 11 is 0. The van der Waals surface area contributed by atoms with Crippen molar-refractivity contribution >= 4 is 16.6 Å². The van der Waals surface area contributed by atoms with E-state index in [2.05, 4.69) is 9.97 Å². The van der Waals surface area contributed by atoms with Crippen LogP contribution in [0.2, 0.25) is 0 Å². The van der Waals surface area contributed by atoms with Crippen LogP contribution in [-0.2, 0) is 0 Å². The molecule has 0 aliphatic rings. The number of hydrogen-bond donors (Lipinski definition) is 1. The standard InChI is InChI=1S/C9H9N3O/c1-13-7-2-6-4-11-5-12-9(6)8(10)3-7/h2-5H,10H2,1H3. The van der Waals surface area contributed by atoms with Gasteiger partial charge in [0.1, 0.15) is 12.1 Å². The van der Waals surface area contributed by atoms with Crippen LogP contribution in [0.5, 0.6) is 5.75 Å². The number of nitrogen functional groups attached to an aromatic ring is 1. The number of aromatic nitrogens is 2. The molecule has 0 bridgehead atoms. The topological polar surface area (TPSA) is 61.0 Å². The van der Waals surface area contributed by atoms with Gasteiger partial charge in [0, 0.05) is 17.6 Å². The first kappa shape index (κ1) is 7.79. The van der Waals surface area contributed by atoms with Gasteiger partial charge in [-0.2, -0.15) is 0 Å². The number of fused-ring (bicyclic) bond motifs is 1. The Bertz CT molecular complexity index is 442. The van der Waals surface area contributed by atoms with Crippen LogP contribution >= 0.6 is 0 Å². The molecule has 0 amide bonds. The van der Waals surface area contributed by atoms with E-state index in [1.807, 2.05) is 6.07 Å². The molecule has 0 unspecified atom stereocenters. The van der Waals surface area contributed by atoms with Crippen molar-refractivity contribution in [3.8, 4) is 5.75 Å². The maximum atomic E-state index is 5.76. The zero-order chi connectivity index (χ0) is 9.26. The van der Waals surface area contributed by atoms with Crippen molar-refractivity contribution in [1.29, 1.82) is 0 Å². The van der Waals surface area contributed by atoms with Crippen LogP contribution in [0.25, 0.3) is 10.9 Å². The van der Waals surface area contributed by atoms with Gasteiger partial charge in [0.2, 0.25) is 0 Å². The van der Waals surface area contributed by atoms with E-state index in [9.17, 15) is 0 Å². The van der Waals surface area contributed by atoms with Gasteiger partial charge in [-0.25, -0.2) is 9.97 Å². The molecule has 0 aliphatic heterocycles. The average Bonchev–Trinajstić information content (AvgIpc) is 2.18. The Kier molecular flexibility index (Phi) is 1.73. The number of rotatable bonds is 1. The predicted molar refractivity (Wildman–Crippen MR) is 50.5 cm³/mol. The molecule has 1 heterocycles. The number of ether oxygens (including phenoxy) is 1. The Labute approximate surface area is 75.4 Å². The van der Waals surface area contributed by atoms with Crippen LogP contribution in [0.1, 0.15) is 0 Å². The molecule has 0 atom stereocenters. The minimum Gasteiger partial charge on any atom is -0.497 e. The van der Waals surface area contributed by atoms with Crippen molar-refractivity contribution in [1.82, 2.24) is 9.97 Å². The molecule has 1 aromatic carbocycles. The second-order valence-corrected chi connectivity index (χ2v) is 2.68. The van der Waals surface area contributed by atoms with Gasteiger partial charge in [0.05, 0.1) is 18.3 Å². The molecule has 1 aromatic heterocycles. The summed E-state index contributed by atoms with van der Waals surface area (Å²) in [5.74, 6) is 0.722. The molecule has 4 heteroatoms. The maximum Gasteiger partial charge on any atom is 0.121 e. The molecule has 2 rings (SSSR count). The van der Waals surface area contributed by atoms with Crippen molar-refractivity contribution in [2.75, 3.05) is 12.8 Å². The lowest BCUT2D eigenvalue weighted by Crippen LogP contribution is -1.92. The number of hydrogen-bond acceptors (Lipinski definition) is 4. The predicted octanol–water partition coefficient (Wildman–Crippen LogP) is 1.22. The van der Waals surface area contributed by atoms with E-state index >= 15 is 0 Å². The van der Waals surface area contributed by atoms with Crippen LogP contribution < -0.4 is 10.5 Å². The number of nitrogens with two attached hydrogens (primary N) is 1. The first-order valence-corrected chi connectivity index (χ1v) is 3.84. The Morgan fingerprint density at radius 3 is 3.00 bits per heavy atom. The lowest BCUT2D eigenvalue weighted by Gasteiger charge is -2.03. The van der Waals surface area contributed by atoms with E-state index in [-0.39, 0.29) is 0 Å². The first-order chi connectivity index (χ1) is 6.31. The molecule has 13 heavy (non-hydrogen) atoms. The summed E-state index contributed by atoms with van der Waals surface area (Å²) in [5.41, 5.74) is 7.13. The molecule has 0 fully saturated rings. The molecular weight excluding hydrogens is 166 g/mol. The fraction of sp³-hybridized carbons (Fsp3) is 0.111. The van der Waals surface area contributed by atoms with E-state index in [0.717, 1.165) is 16.7 Å². The highest BCUT2D eigenvalue weighted by Gasteiger charge is 2.01. The normalized spacial score (nSPS) is 10.2. The van der Waals surface area contributed by atoms with Gasteiger partial charge >= 0.3 is 0 Å². The van der Waals surface area contributed by atoms with Crippen LogP contribution in [-0.4, -0.2) is 17.1 Å². The summed E-state index contributed by atoms with van der Waals surface area (Å²) in [5, 5.41) is 0.888. The van der Waals surface area contributed by atoms with E-state index in [1.54, 1.807) is 19.4 Å². The van der Waals surface area contributed by atoms with Crippen LogP contribution in [0, 0.1) is 0 Å². The number of anilines is 1. The number of nitrogens with zero attached hydrogens (tertiary/aromatic N) is 2. The second kappa shape index (κ2) is 2.90. The molecule has 0 spiro atoms. The van der Waals surface area contributed by atoms with Gasteiger partial charge in [0.25, 0.3) is 0 Å². The summed E-state index contributed by atoms with van der Waals surface area (Å²) in [6.07, 6.45) is 3.19. The summed E-state index contributed by atoms with van der Waals surface area (Å²) in [6, 6.07) is 3.60. The van der Waals surface area contributed by atoms with Gasteiger partial charge in [0.15, 0.2) is 0 Å². The van der Waals surface area contributed by atoms with E-state index in [0.29, 0.717) is 5.69 Å². The van der Waals surface area contributed by atoms with E-state index < -0.39 is 0 Å². The SMILES string of the molecule is COc1cc(N)c2ncncc2c1. The molecular formula is C9H9N3O. The molecule has 0 saturated carbocycles. The Morgan fingerprint density at radius 2 is 2.23 bits per heavy atom. The minimum atomic E-state index is 0.608. The Hall–Kier alpha value is -1.84. The molecule has 0 aliphatic carbocycles. The third-order valence-corrected chi connectivity index (χ3v) is 1.85. The highest BCUT2D eigenvalue weighted by atomic mass is 16.5. The second-order valence-electron chi connectivity index (χ2n) is 2.68. The molecule has 0 radical (unpaired) electrons. The van der Waals surface area contributed by atoms with Gasteiger partial charge in [-0.1, -0.05) is 0 Å². The van der Waals surface area contributed by atoms with Gasteiger partial charge in [-0.15, -0.1) is 0 Å². The largest absolute Gasteiger partial charge is 0.497 e. The minimum absolute atomic E-state index is 0.608. The fourth-order valence-corrected chi connectivity index (χ4v) is 1.22. The van der Waals surface area contributed by atoms with Crippen LogP contribution in [0.3, 0.4) is 0 Å². The highest BCUT2D eigenvalue weighted by molar-refractivity contribution is 5.89. The summed E-state index contributed by atoms with van der Waals surface area (Å²) in [7, 11) is 1.60. The quantitative estimate of drug-likeness (QED) is 0.662. The summed E-state index contributed by atoms with van der Waals surface area (Å²) in [6.45, 7) is 0. The summed E-state index contributed by atoms with van der Waals surface area (Å²) in [4.78, 5) is 7.97. The third-order valence-electron chi connectivity index (χ3n) is 1.85. The lowest BCUT2D eigenvalue weighted by atomic mass is 10.2. The maximum absolute atomic E-state index is 5.76. The van der Waals surface area contributed by atoms with Crippen molar-refractivity contribution in [2.45, 2.75) is 0 Å². The molecule has 2 N–H and O–H groups in total. The van der Waals surface area contributed by atoms with E-state index in [4.69, 9.17) is 10.5 Å². The zero-order valence-electron chi connectivity index (χ0n) is 7.19.